The van der Waals surface area contributed by atoms with Crippen LogP contribution in [-0.4, -0.2) is 102 Å². The molecule has 0 aliphatic heterocycles. The molecular weight excluding hydrogens is 809 g/mol. The Kier molecular flexibility index (Phi) is 32.7. The quantitative estimate of drug-likeness (QED) is 0.252. The number of fused-ring (bicyclic) bond motifs is 2. The molecule has 0 spiro atoms. The van der Waals surface area contributed by atoms with Crippen LogP contribution in [0.2, 0.25) is 0 Å². The van der Waals surface area contributed by atoms with Crippen molar-refractivity contribution in [2.24, 2.45) is 39.9 Å². The van der Waals surface area contributed by atoms with Gasteiger partial charge in [-0.1, -0.05) is 61.0 Å². The van der Waals surface area contributed by atoms with E-state index in [1.54, 1.807) is 0 Å². The third-order valence-corrected chi connectivity index (χ3v) is 13.4. The minimum atomic E-state index is 0.937. The molecule has 0 radical (unpaired) electrons. The Hall–Kier alpha value is -4.46. The van der Waals surface area contributed by atoms with E-state index in [0.29, 0.717) is 0 Å². The van der Waals surface area contributed by atoms with Crippen LogP contribution >= 0.6 is 0 Å². The highest BCUT2D eigenvalue weighted by Gasteiger charge is 2.27. The highest BCUT2D eigenvalue weighted by atomic mass is 14.8. The molecule has 0 aromatic heterocycles. The normalized spacial score (nSPS) is 19.8. The van der Waals surface area contributed by atoms with Gasteiger partial charge in [0, 0.05) is 74.8 Å². The molecule has 4 aliphatic carbocycles. The zero-order valence-electron chi connectivity index (χ0n) is 47.6. The molecule has 0 saturated heterocycles. The van der Waals surface area contributed by atoms with E-state index in [0.717, 1.165) is 85.6 Å². The number of allylic oxidation sites excluding steroid dienone is 2. The summed E-state index contributed by atoms with van der Waals surface area (Å²) in [5.41, 5.74) is 29.1. The lowest BCUT2D eigenvalue weighted by Crippen LogP contribution is -2.28. The molecule has 4 aliphatic rings. The SMILES string of the molecule is CC.CC.CC.CC.CN=C1CCC(C)=C(C)C1=NC.CN=C1CCCCC1=NC.CN=C1CCc2c(C)c(C)c(C)c(C)c2C1=NC.CN=C1Cc2c(C)c(C)c(C)c(C)c2CC1=NC. The highest BCUT2D eigenvalue weighted by Crippen LogP contribution is 2.33. The van der Waals surface area contributed by atoms with Gasteiger partial charge in [0.2, 0.25) is 0 Å². The first-order valence-electron chi connectivity index (χ1n) is 25.2. The van der Waals surface area contributed by atoms with Crippen LogP contribution in [0.25, 0.3) is 0 Å². The minimum Gasteiger partial charge on any atom is -0.291 e. The Bertz CT molecular complexity index is 2070. The van der Waals surface area contributed by atoms with E-state index < -0.39 is 0 Å². The van der Waals surface area contributed by atoms with Crippen molar-refractivity contribution in [3.8, 4) is 0 Å². The highest BCUT2D eigenvalue weighted by molar-refractivity contribution is 6.50. The number of benzene rings is 2. The second-order valence-electron chi connectivity index (χ2n) is 15.9. The zero-order chi connectivity index (χ0) is 51.4. The lowest BCUT2D eigenvalue weighted by molar-refractivity contribution is 0.775. The fraction of sp³-hybridized carbons (Fsp3) is 0.621. The summed E-state index contributed by atoms with van der Waals surface area (Å²) < 4.78 is 0. The van der Waals surface area contributed by atoms with E-state index in [9.17, 15) is 0 Å². The second-order valence-corrected chi connectivity index (χ2v) is 15.9. The smallest absolute Gasteiger partial charge is 0.0859 e. The zero-order valence-corrected chi connectivity index (χ0v) is 47.6. The Labute approximate surface area is 407 Å². The molecule has 2 aromatic rings. The van der Waals surface area contributed by atoms with Crippen LogP contribution in [0.3, 0.4) is 0 Å². The maximum Gasteiger partial charge on any atom is 0.0859 e. The monoisotopic (exact) mass is 907 g/mol. The van der Waals surface area contributed by atoms with Gasteiger partial charge in [0.05, 0.1) is 45.7 Å². The van der Waals surface area contributed by atoms with Gasteiger partial charge in [-0.25, -0.2) is 0 Å². The molecular formula is C58H98N8. The molecule has 0 atom stereocenters. The van der Waals surface area contributed by atoms with E-state index >= 15 is 0 Å². The third-order valence-electron chi connectivity index (χ3n) is 13.4. The second kappa shape index (κ2) is 33.9. The van der Waals surface area contributed by atoms with E-state index in [4.69, 9.17) is 0 Å². The first kappa shape index (κ1) is 63.6. The van der Waals surface area contributed by atoms with Crippen molar-refractivity contribution in [3.05, 3.63) is 77.9 Å². The Morgan fingerprint density at radius 1 is 0.273 bits per heavy atom. The summed E-state index contributed by atoms with van der Waals surface area (Å²) in [6, 6.07) is 0. The molecule has 0 amide bonds. The van der Waals surface area contributed by atoms with E-state index in [-0.39, 0.29) is 0 Å². The summed E-state index contributed by atoms with van der Waals surface area (Å²) in [4.78, 5) is 34.6. The lowest BCUT2D eigenvalue weighted by atomic mass is 9.79. The fourth-order valence-electron chi connectivity index (χ4n) is 8.79. The summed E-state index contributed by atoms with van der Waals surface area (Å²) in [7, 11) is 14.9. The molecule has 0 N–H and O–H groups in total. The summed E-state index contributed by atoms with van der Waals surface area (Å²) in [5, 5.41) is 0. The number of aliphatic imine (C=N–C) groups is 8. The molecule has 0 heterocycles. The fourth-order valence-corrected chi connectivity index (χ4v) is 8.79. The minimum absolute atomic E-state index is 0.937. The van der Waals surface area contributed by atoms with Gasteiger partial charge in [-0.05, 0) is 187 Å². The molecule has 0 unspecified atom stereocenters. The number of rotatable bonds is 0. The number of nitrogens with zero attached hydrogens (tertiary/aromatic N) is 8. The number of hydrogen-bond acceptors (Lipinski definition) is 8. The van der Waals surface area contributed by atoms with Crippen molar-refractivity contribution in [3.63, 3.8) is 0 Å². The van der Waals surface area contributed by atoms with Gasteiger partial charge in [-0.2, -0.15) is 0 Å². The van der Waals surface area contributed by atoms with Gasteiger partial charge in [0.1, 0.15) is 0 Å². The van der Waals surface area contributed by atoms with Crippen LogP contribution in [-0.2, 0) is 19.3 Å². The predicted molar refractivity (Wildman–Crippen MR) is 304 cm³/mol. The number of hydrogen-bond donors (Lipinski definition) is 0. The average molecular weight is 907 g/mol. The topological polar surface area (TPSA) is 98.9 Å². The van der Waals surface area contributed by atoms with Gasteiger partial charge < -0.3 is 0 Å². The molecule has 66 heavy (non-hydrogen) atoms. The van der Waals surface area contributed by atoms with Gasteiger partial charge in [-0.3, -0.25) is 39.9 Å². The average Bonchev–Trinajstić information content (AvgIpc) is 3.38. The molecule has 2 aromatic carbocycles. The van der Waals surface area contributed by atoms with Crippen molar-refractivity contribution in [1.82, 2.24) is 0 Å². The molecule has 8 heteroatoms. The van der Waals surface area contributed by atoms with Crippen LogP contribution in [0.15, 0.2) is 51.1 Å². The predicted octanol–water partition coefficient (Wildman–Crippen LogP) is 14.6. The molecule has 6 rings (SSSR count). The van der Waals surface area contributed by atoms with Gasteiger partial charge in [0.15, 0.2) is 0 Å². The molecule has 8 nitrogen and oxygen atoms in total. The van der Waals surface area contributed by atoms with Crippen molar-refractivity contribution in [2.75, 3.05) is 56.4 Å². The standard InChI is InChI=1S/2C16H22N2.C10H16N2.C8H14N2.4C2H6/c1-9-10(2)12(4)14-8-16(18-6)15(17-5)7-13(14)11(9)3;1-9-10(2)12(4)15-13(11(9)3)7-8-14(17-5)16(15)18-6;1-7-5-6-9(11-3)10(12-4)8(7)2;1-9-7-5-3-4-6-8(7)10-2;4*1-2/h2*7-8H2,1-6H3;5-6H2,1-4H3;3-6H2,1-2H3;4*1-2H3. The maximum absolute atomic E-state index is 4.50. The Balaban J connectivity index is 0. The molecule has 1 fully saturated rings. The van der Waals surface area contributed by atoms with Gasteiger partial charge in [-0.15, -0.1) is 0 Å². The Morgan fingerprint density at radius 3 is 0.939 bits per heavy atom. The summed E-state index contributed by atoms with van der Waals surface area (Å²) >= 11 is 0. The van der Waals surface area contributed by atoms with Crippen LogP contribution in [0.5, 0.6) is 0 Å². The third kappa shape index (κ3) is 16.1. The lowest BCUT2D eigenvalue weighted by Gasteiger charge is -2.26. The summed E-state index contributed by atoms with van der Waals surface area (Å²) in [5.74, 6) is 0. The van der Waals surface area contributed by atoms with Crippen molar-refractivity contribution >= 4 is 45.7 Å². The van der Waals surface area contributed by atoms with Crippen LogP contribution in [0, 0.1) is 55.4 Å². The van der Waals surface area contributed by atoms with Gasteiger partial charge in [0.25, 0.3) is 0 Å². The van der Waals surface area contributed by atoms with E-state index in [2.05, 4.69) is 109 Å². The first-order chi connectivity index (χ1) is 31.6. The summed E-state index contributed by atoms with van der Waals surface area (Å²) in [6.45, 7) is 38.1. The maximum atomic E-state index is 4.50. The van der Waals surface area contributed by atoms with Crippen LogP contribution < -0.4 is 0 Å². The molecule has 1 saturated carbocycles. The van der Waals surface area contributed by atoms with Gasteiger partial charge >= 0.3 is 0 Å². The van der Waals surface area contributed by atoms with Crippen LogP contribution in [0.1, 0.15) is 181 Å². The van der Waals surface area contributed by atoms with Crippen molar-refractivity contribution < 1.29 is 0 Å². The summed E-state index contributed by atoms with van der Waals surface area (Å²) in [6.07, 6.45) is 11.0. The molecule has 370 valence electrons. The van der Waals surface area contributed by atoms with E-state index in [1.807, 2.05) is 112 Å². The van der Waals surface area contributed by atoms with Crippen molar-refractivity contribution in [1.29, 1.82) is 0 Å². The van der Waals surface area contributed by atoms with Crippen LogP contribution in [0.4, 0.5) is 0 Å². The first-order valence-corrected chi connectivity index (χ1v) is 25.2. The van der Waals surface area contributed by atoms with E-state index in [1.165, 1.54) is 102 Å². The largest absolute Gasteiger partial charge is 0.291 e. The van der Waals surface area contributed by atoms with Crippen molar-refractivity contribution in [2.45, 2.75) is 189 Å². The Morgan fingerprint density at radius 2 is 0.591 bits per heavy atom. The molecule has 0 bridgehead atoms.